The Labute approximate surface area is 83.4 Å². The molecule has 0 spiro atoms. The van der Waals surface area contributed by atoms with Crippen LogP contribution in [0.5, 0.6) is 0 Å². The highest BCUT2D eigenvalue weighted by atomic mass is 32.1. The van der Waals surface area contributed by atoms with E-state index in [1.165, 1.54) is 36.3 Å². The van der Waals surface area contributed by atoms with Crippen molar-refractivity contribution >= 4 is 11.3 Å². The lowest BCUT2D eigenvalue weighted by molar-refractivity contribution is 0.526. The molecule has 13 heavy (non-hydrogen) atoms. The van der Waals surface area contributed by atoms with E-state index in [-0.39, 0.29) is 0 Å². The quantitative estimate of drug-likeness (QED) is 0.803. The van der Waals surface area contributed by atoms with Crippen LogP contribution in [0.25, 0.3) is 0 Å². The van der Waals surface area contributed by atoms with Crippen molar-refractivity contribution in [2.75, 3.05) is 0 Å². The fourth-order valence-electron chi connectivity index (χ4n) is 1.86. The van der Waals surface area contributed by atoms with Crippen molar-refractivity contribution in [3.63, 3.8) is 0 Å². The molecule has 1 fully saturated rings. The van der Waals surface area contributed by atoms with Crippen LogP contribution in [0.1, 0.15) is 36.3 Å². The van der Waals surface area contributed by atoms with Gasteiger partial charge in [-0.3, -0.25) is 0 Å². The van der Waals surface area contributed by atoms with Crippen LogP contribution in [0, 0.1) is 6.92 Å². The highest BCUT2D eigenvalue weighted by Gasteiger charge is 2.14. The molecular weight excluding hydrogens is 180 g/mol. The van der Waals surface area contributed by atoms with Gasteiger partial charge in [0, 0.05) is 17.5 Å². The number of nitrogens with zero attached hydrogens (tertiary/aromatic N) is 1. The van der Waals surface area contributed by atoms with Gasteiger partial charge in [0.15, 0.2) is 0 Å². The number of nitrogens with one attached hydrogen (secondary N) is 1. The first-order valence-corrected chi connectivity index (χ1v) is 5.86. The van der Waals surface area contributed by atoms with Gasteiger partial charge in [-0.2, -0.15) is 0 Å². The number of aromatic nitrogens is 1. The Hall–Kier alpha value is -0.410. The molecule has 1 aromatic heterocycles. The molecule has 1 heterocycles. The van der Waals surface area contributed by atoms with Gasteiger partial charge in [0.05, 0.1) is 11.2 Å². The monoisotopic (exact) mass is 196 g/mol. The lowest BCUT2D eigenvalue weighted by atomic mass is 10.2. The largest absolute Gasteiger partial charge is 0.309 e. The van der Waals surface area contributed by atoms with Crippen molar-refractivity contribution in [2.24, 2.45) is 0 Å². The Balaban J connectivity index is 1.82. The first-order chi connectivity index (χ1) is 6.36. The minimum absolute atomic E-state index is 0.765. The zero-order valence-electron chi connectivity index (χ0n) is 8.05. The molecule has 1 aliphatic carbocycles. The number of thiazole rings is 1. The molecule has 0 unspecified atom stereocenters. The minimum atomic E-state index is 0.765. The van der Waals surface area contributed by atoms with Gasteiger partial charge in [-0.15, -0.1) is 11.3 Å². The molecule has 1 N–H and O–H groups in total. The molecule has 2 rings (SSSR count). The summed E-state index contributed by atoms with van der Waals surface area (Å²) in [5.41, 5.74) is 3.12. The summed E-state index contributed by atoms with van der Waals surface area (Å²) in [6, 6.07) is 0.765. The number of hydrogen-bond donors (Lipinski definition) is 1. The van der Waals surface area contributed by atoms with Crippen molar-refractivity contribution in [1.82, 2.24) is 10.3 Å². The molecule has 0 aliphatic heterocycles. The van der Waals surface area contributed by atoms with Crippen LogP contribution in [-0.2, 0) is 6.54 Å². The van der Waals surface area contributed by atoms with Crippen LogP contribution in [0.3, 0.4) is 0 Å². The van der Waals surface area contributed by atoms with Crippen molar-refractivity contribution in [1.29, 1.82) is 0 Å². The second kappa shape index (κ2) is 4.20. The van der Waals surface area contributed by atoms with E-state index in [9.17, 15) is 0 Å². The van der Waals surface area contributed by atoms with E-state index in [0.717, 1.165) is 12.6 Å². The summed E-state index contributed by atoms with van der Waals surface area (Å²) in [6.45, 7) is 3.10. The van der Waals surface area contributed by atoms with Crippen LogP contribution >= 0.6 is 11.3 Å². The third-order valence-electron chi connectivity index (χ3n) is 2.75. The second-order valence-corrected chi connectivity index (χ2v) is 4.66. The maximum atomic E-state index is 4.24. The average molecular weight is 196 g/mol. The van der Waals surface area contributed by atoms with Crippen LogP contribution in [-0.4, -0.2) is 11.0 Å². The molecule has 1 saturated carbocycles. The van der Waals surface area contributed by atoms with Gasteiger partial charge in [-0.05, 0) is 19.8 Å². The first kappa shape index (κ1) is 9.16. The van der Waals surface area contributed by atoms with Gasteiger partial charge in [0.2, 0.25) is 0 Å². The molecular formula is C10H16N2S. The maximum Gasteiger partial charge on any atom is 0.0798 e. The zero-order valence-corrected chi connectivity index (χ0v) is 8.86. The number of hydrogen-bond acceptors (Lipinski definition) is 3. The van der Waals surface area contributed by atoms with E-state index >= 15 is 0 Å². The third-order valence-corrected chi connectivity index (χ3v) is 3.69. The van der Waals surface area contributed by atoms with E-state index in [4.69, 9.17) is 0 Å². The standard InChI is InChI=1S/C10H16N2S/c1-8-10(13-7-12-8)6-11-9-4-2-3-5-9/h7,9,11H,2-6H2,1H3. The average Bonchev–Trinajstić information content (AvgIpc) is 2.72. The van der Waals surface area contributed by atoms with Crippen molar-refractivity contribution in [3.05, 3.63) is 16.1 Å². The smallest absolute Gasteiger partial charge is 0.0798 e. The molecule has 0 radical (unpaired) electrons. The summed E-state index contributed by atoms with van der Waals surface area (Å²) >= 11 is 1.76. The number of aryl methyl sites for hydroxylation is 1. The van der Waals surface area contributed by atoms with Crippen LogP contribution in [0.4, 0.5) is 0 Å². The molecule has 0 atom stereocenters. The predicted octanol–water partition coefficient (Wildman–Crippen LogP) is 2.48. The van der Waals surface area contributed by atoms with Gasteiger partial charge in [-0.25, -0.2) is 4.98 Å². The fourth-order valence-corrected chi connectivity index (χ4v) is 2.59. The molecule has 0 amide bonds. The van der Waals surface area contributed by atoms with Gasteiger partial charge in [0.1, 0.15) is 0 Å². The Kier molecular flexibility index (Phi) is 2.96. The molecule has 2 nitrogen and oxygen atoms in total. The second-order valence-electron chi connectivity index (χ2n) is 3.72. The number of rotatable bonds is 3. The third kappa shape index (κ3) is 2.29. The van der Waals surface area contributed by atoms with Gasteiger partial charge >= 0.3 is 0 Å². The molecule has 1 aliphatic rings. The predicted molar refractivity (Wildman–Crippen MR) is 55.9 cm³/mol. The summed E-state index contributed by atoms with van der Waals surface area (Å²) in [5, 5.41) is 3.60. The van der Waals surface area contributed by atoms with Gasteiger partial charge in [-0.1, -0.05) is 12.8 Å². The van der Waals surface area contributed by atoms with Crippen molar-refractivity contribution < 1.29 is 0 Å². The summed E-state index contributed by atoms with van der Waals surface area (Å²) < 4.78 is 0. The van der Waals surface area contributed by atoms with Crippen LogP contribution in [0.15, 0.2) is 5.51 Å². The normalized spacial score (nSPS) is 18.2. The van der Waals surface area contributed by atoms with E-state index < -0.39 is 0 Å². The summed E-state index contributed by atoms with van der Waals surface area (Å²) in [6.07, 6.45) is 5.52. The van der Waals surface area contributed by atoms with E-state index in [1.54, 1.807) is 11.3 Å². The molecule has 0 saturated heterocycles. The molecule has 0 aromatic carbocycles. The van der Waals surface area contributed by atoms with Gasteiger partial charge in [0.25, 0.3) is 0 Å². The highest BCUT2D eigenvalue weighted by molar-refractivity contribution is 7.09. The first-order valence-electron chi connectivity index (χ1n) is 4.98. The highest BCUT2D eigenvalue weighted by Crippen LogP contribution is 2.19. The topological polar surface area (TPSA) is 24.9 Å². The Morgan fingerprint density at radius 1 is 1.54 bits per heavy atom. The Bertz CT molecular complexity index is 264. The van der Waals surface area contributed by atoms with Crippen LogP contribution in [0.2, 0.25) is 0 Å². The summed E-state index contributed by atoms with van der Waals surface area (Å²) in [5.74, 6) is 0. The van der Waals surface area contributed by atoms with E-state index in [0.29, 0.717) is 0 Å². The minimum Gasteiger partial charge on any atom is -0.309 e. The van der Waals surface area contributed by atoms with Gasteiger partial charge < -0.3 is 5.32 Å². The molecule has 0 bridgehead atoms. The molecule has 72 valence electrons. The SMILES string of the molecule is Cc1ncsc1CNC1CCCC1. The van der Waals surface area contributed by atoms with E-state index in [2.05, 4.69) is 17.2 Å². The van der Waals surface area contributed by atoms with Crippen molar-refractivity contribution in [2.45, 2.75) is 45.2 Å². The van der Waals surface area contributed by atoms with Crippen LogP contribution < -0.4 is 5.32 Å². The van der Waals surface area contributed by atoms with Crippen molar-refractivity contribution in [3.8, 4) is 0 Å². The zero-order chi connectivity index (χ0) is 9.10. The Morgan fingerprint density at radius 2 is 2.31 bits per heavy atom. The van der Waals surface area contributed by atoms with E-state index in [1.807, 2.05) is 5.51 Å². The molecule has 3 heteroatoms. The Morgan fingerprint density at radius 3 is 2.92 bits per heavy atom. The lowest BCUT2D eigenvalue weighted by Crippen LogP contribution is -2.25. The lowest BCUT2D eigenvalue weighted by Gasteiger charge is -2.10. The summed E-state index contributed by atoms with van der Waals surface area (Å²) in [4.78, 5) is 5.64. The molecule has 1 aromatic rings. The summed E-state index contributed by atoms with van der Waals surface area (Å²) in [7, 11) is 0. The fraction of sp³-hybridized carbons (Fsp3) is 0.700. The maximum absolute atomic E-state index is 4.24.